The van der Waals surface area contributed by atoms with Crippen molar-refractivity contribution in [2.75, 3.05) is 7.11 Å². The number of aliphatic hydroxyl groups excluding tert-OH is 1. The maximum Gasteiger partial charge on any atom is 0.244 e. The van der Waals surface area contributed by atoms with Crippen molar-refractivity contribution in [1.82, 2.24) is 4.72 Å². The average Bonchev–Trinajstić information content (AvgIpc) is 2.37. The third kappa shape index (κ3) is 4.19. The number of aliphatic hydroxyl groups is 1. The Morgan fingerprint density at radius 3 is 2.63 bits per heavy atom. The van der Waals surface area contributed by atoms with Gasteiger partial charge in [0.2, 0.25) is 10.0 Å². The summed E-state index contributed by atoms with van der Waals surface area (Å²) in [5, 5.41) is 9.05. The molecule has 1 aromatic rings. The second-order valence-corrected chi connectivity index (χ2v) is 6.14. The number of sulfonamides is 1. The zero-order valence-electron chi connectivity index (χ0n) is 11.5. The summed E-state index contributed by atoms with van der Waals surface area (Å²) in [5.41, 5.74) is 0.609. The Balaban J connectivity index is 3.07. The van der Waals surface area contributed by atoms with E-state index in [4.69, 9.17) is 9.84 Å². The summed E-state index contributed by atoms with van der Waals surface area (Å²) < 4.78 is 32.2. The topological polar surface area (TPSA) is 75.6 Å². The molecule has 6 heteroatoms. The van der Waals surface area contributed by atoms with E-state index in [9.17, 15) is 8.42 Å². The van der Waals surface area contributed by atoms with E-state index in [1.165, 1.54) is 19.2 Å². The van der Waals surface area contributed by atoms with Gasteiger partial charge in [-0.25, -0.2) is 13.1 Å². The van der Waals surface area contributed by atoms with Crippen LogP contribution in [0.25, 0.3) is 0 Å². The van der Waals surface area contributed by atoms with Gasteiger partial charge in [0.1, 0.15) is 10.6 Å². The second-order valence-electron chi connectivity index (χ2n) is 4.45. The molecule has 0 aliphatic carbocycles. The number of ether oxygens (including phenoxy) is 1. The molecule has 0 radical (unpaired) electrons. The molecule has 0 heterocycles. The first-order valence-electron chi connectivity index (χ1n) is 6.24. The molecule has 2 N–H and O–H groups in total. The first kappa shape index (κ1) is 15.9. The van der Waals surface area contributed by atoms with Crippen molar-refractivity contribution in [3.05, 3.63) is 23.8 Å². The largest absolute Gasteiger partial charge is 0.495 e. The van der Waals surface area contributed by atoms with E-state index < -0.39 is 10.0 Å². The van der Waals surface area contributed by atoms with E-state index in [0.717, 1.165) is 12.8 Å². The number of hydrogen-bond donors (Lipinski definition) is 2. The first-order chi connectivity index (χ1) is 8.94. The van der Waals surface area contributed by atoms with Gasteiger partial charge in [0, 0.05) is 6.04 Å². The molecule has 1 unspecified atom stereocenters. The van der Waals surface area contributed by atoms with Crippen LogP contribution in [0.1, 0.15) is 32.3 Å². The fourth-order valence-electron chi connectivity index (χ4n) is 1.85. The highest BCUT2D eigenvalue weighted by molar-refractivity contribution is 7.89. The molecule has 0 amide bonds. The maximum atomic E-state index is 12.2. The van der Waals surface area contributed by atoms with E-state index >= 15 is 0 Å². The van der Waals surface area contributed by atoms with Crippen LogP contribution >= 0.6 is 0 Å². The second kappa shape index (κ2) is 6.88. The number of nitrogens with one attached hydrogen (secondary N) is 1. The lowest BCUT2D eigenvalue weighted by Gasteiger charge is -2.15. The van der Waals surface area contributed by atoms with E-state index in [2.05, 4.69) is 4.72 Å². The fourth-order valence-corrected chi connectivity index (χ4v) is 3.28. The molecule has 0 saturated heterocycles. The minimum Gasteiger partial charge on any atom is -0.495 e. The van der Waals surface area contributed by atoms with Crippen molar-refractivity contribution >= 4 is 10.0 Å². The summed E-state index contributed by atoms with van der Waals surface area (Å²) in [7, 11) is -2.20. The molecule has 1 aromatic carbocycles. The molecule has 0 saturated carbocycles. The van der Waals surface area contributed by atoms with Crippen molar-refractivity contribution < 1.29 is 18.3 Å². The Morgan fingerprint density at radius 2 is 2.11 bits per heavy atom. The Bertz CT molecular complexity index is 513. The van der Waals surface area contributed by atoms with Gasteiger partial charge in [-0.3, -0.25) is 0 Å². The van der Waals surface area contributed by atoms with Crippen LogP contribution < -0.4 is 9.46 Å². The number of benzene rings is 1. The highest BCUT2D eigenvalue weighted by Crippen LogP contribution is 2.25. The standard InChI is InChI=1S/C13H21NO4S/c1-4-5-10(2)14-19(16,17)13-7-6-11(9-15)8-12(13)18-3/h6-8,10,14-15H,4-5,9H2,1-3H3. The van der Waals surface area contributed by atoms with E-state index in [0.29, 0.717) is 5.56 Å². The van der Waals surface area contributed by atoms with Crippen molar-refractivity contribution in [2.24, 2.45) is 0 Å². The van der Waals surface area contributed by atoms with Crippen molar-refractivity contribution in [1.29, 1.82) is 0 Å². The summed E-state index contributed by atoms with van der Waals surface area (Å²) >= 11 is 0. The first-order valence-corrected chi connectivity index (χ1v) is 7.73. The zero-order chi connectivity index (χ0) is 14.5. The molecule has 5 nitrogen and oxygen atoms in total. The third-order valence-electron chi connectivity index (χ3n) is 2.78. The highest BCUT2D eigenvalue weighted by Gasteiger charge is 2.21. The van der Waals surface area contributed by atoms with Crippen molar-refractivity contribution in [3.63, 3.8) is 0 Å². The predicted octanol–water partition coefficient (Wildman–Crippen LogP) is 1.65. The molecular weight excluding hydrogens is 266 g/mol. The van der Waals surface area contributed by atoms with Gasteiger partial charge in [-0.05, 0) is 31.0 Å². The van der Waals surface area contributed by atoms with E-state index in [1.54, 1.807) is 6.07 Å². The lowest BCUT2D eigenvalue weighted by atomic mass is 10.2. The molecule has 0 fully saturated rings. The van der Waals surface area contributed by atoms with E-state index in [-0.39, 0.29) is 23.3 Å². The third-order valence-corrected chi connectivity index (χ3v) is 4.41. The van der Waals surface area contributed by atoms with Gasteiger partial charge in [0.25, 0.3) is 0 Å². The predicted molar refractivity (Wildman–Crippen MR) is 73.6 cm³/mol. The summed E-state index contributed by atoms with van der Waals surface area (Å²) in [4.78, 5) is 0.0927. The van der Waals surface area contributed by atoms with Crippen LogP contribution in [0.3, 0.4) is 0 Å². The monoisotopic (exact) mass is 287 g/mol. The minimum atomic E-state index is -3.61. The minimum absolute atomic E-state index is 0.0927. The quantitative estimate of drug-likeness (QED) is 0.799. The Hall–Kier alpha value is -1.11. The van der Waals surface area contributed by atoms with Crippen LogP contribution in [0.15, 0.2) is 23.1 Å². The van der Waals surface area contributed by atoms with Crippen molar-refractivity contribution in [2.45, 2.75) is 44.2 Å². The smallest absolute Gasteiger partial charge is 0.244 e. The normalized spacial score (nSPS) is 13.3. The number of methoxy groups -OCH3 is 1. The summed E-state index contributed by atoms with van der Waals surface area (Å²) in [6.45, 7) is 3.67. The van der Waals surface area contributed by atoms with Crippen molar-refractivity contribution in [3.8, 4) is 5.75 Å². The van der Waals surface area contributed by atoms with Crippen LogP contribution in [-0.2, 0) is 16.6 Å². The summed E-state index contributed by atoms with van der Waals surface area (Å²) in [6.07, 6.45) is 1.68. The Morgan fingerprint density at radius 1 is 1.42 bits per heavy atom. The average molecular weight is 287 g/mol. The van der Waals surface area contributed by atoms with Crippen LogP contribution in [-0.4, -0.2) is 26.7 Å². The maximum absolute atomic E-state index is 12.2. The lowest BCUT2D eigenvalue weighted by molar-refractivity contribution is 0.280. The number of rotatable bonds is 7. The van der Waals surface area contributed by atoms with Gasteiger partial charge in [-0.2, -0.15) is 0 Å². The molecule has 0 aliphatic heterocycles. The van der Waals surface area contributed by atoms with Crippen LogP contribution in [0.2, 0.25) is 0 Å². The molecule has 0 spiro atoms. The van der Waals surface area contributed by atoms with Crippen LogP contribution in [0, 0.1) is 0 Å². The molecule has 0 aliphatic rings. The van der Waals surface area contributed by atoms with Gasteiger partial charge in [0.15, 0.2) is 0 Å². The van der Waals surface area contributed by atoms with E-state index in [1.807, 2.05) is 13.8 Å². The Labute approximate surface area is 114 Å². The summed E-state index contributed by atoms with van der Waals surface area (Å²) in [6, 6.07) is 4.42. The SMILES string of the molecule is CCCC(C)NS(=O)(=O)c1ccc(CO)cc1OC. The van der Waals surface area contributed by atoms with Crippen LogP contribution in [0.5, 0.6) is 5.75 Å². The molecule has 19 heavy (non-hydrogen) atoms. The molecule has 0 bridgehead atoms. The highest BCUT2D eigenvalue weighted by atomic mass is 32.2. The summed E-state index contributed by atoms with van der Waals surface area (Å²) in [5.74, 6) is 0.239. The lowest BCUT2D eigenvalue weighted by Crippen LogP contribution is -2.32. The Kier molecular flexibility index (Phi) is 5.78. The molecule has 0 aromatic heterocycles. The fraction of sp³-hybridized carbons (Fsp3) is 0.538. The van der Waals surface area contributed by atoms with Gasteiger partial charge in [-0.1, -0.05) is 19.4 Å². The molecular formula is C13H21NO4S. The molecule has 1 rings (SSSR count). The van der Waals surface area contributed by atoms with Gasteiger partial charge in [0.05, 0.1) is 13.7 Å². The van der Waals surface area contributed by atoms with Gasteiger partial charge < -0.3 is 9.84 Å². The van der Waals surface area contributed by atoms with Crippen LogP contribution in [0.4, 0.5) is 0 Å². The zero-order valence-corrected chi connectivity index (χ0v) is 12.3. The molecule has 1 atom stereocenters. The number of hydrogen-bond acceptors (Lipinski definition) is 4. The van der Waals surface area contributed by atoms with Gasteiger partial charge in [-0.15, -0.1) is 0 Å². The molecule has 108 valence electrons. The van der Waals surface area contributed by atoms with Gasteiger partial charge >= 0.3 is 0 Å².